The summed E-state index contributed by atoms with van der Waals surface area (Å²) < 4.78 is 151. The van der Waals surface area contributed by atoms with Gasteiger partial charge in [0.1, 0.15) is 28.5 Å². The van der Waals surface area contributed by atoms with Crippen LogP contribution < -0.4 is 36.6 Å². The first-order valence-corrected chi connectivity index (χ1v) is 20.2. The van der Waals surface area contributed by atoms with Crippen molar-refractivity contribution in [3.63, 3.8) is 0 Å². The number of alkyl halides is 12. The van der Waals surface area contributed by atoms with Crippen molar-refractivity contribution in [1.82, 2.24) is 30.6 Å². The minimum absolute atomic E-state index is 0.00482. The number of carbonyl (C=O) groups excluding carboxylic acids is 3. The molecule has 4 aromatic heterocycles. The van der Waals surface area contributed by atoms with E-state index in [1.807, 2.05) is 27.7 Å². The number of carbonyl (C=O) groups is 3. The van der Waals surface area contributed by atoms with Gasteiger partial charge >= 0.3 is 42.9 Å². The smallest absolute Gasteiger partial charge is 0.410 e. The molecule has 0 spiro atoms. The minimum atomic E-state index is -4.51. The Hall–Kier alpha value is -7.45. The lowest BCUT2D eigenvalue weighted by atomic mass is 10.1. The minimum Gasteiger partial charge on any atom is -0.410 e. The molecule has 1 aromatic carbocycles. The molecular weight excluding hydrogens is 965 g/mol. The average Bonchev–Trinajstić information content (AvgIpc) is 3.67. The molecule has 0 unspecified atom stereocenters. The lowest BCUT2D eigenvalue weighted by Crippen LogP contribution is -2.43. The number of anilines is 4. The number of nitrogens with one attached hydrogen (secondary N) is 4. The number of pyridine rings is 4. The number of para-hydroxylation sites is 1. The SMILES string of the molecule is CC(C)[C@@H](CO)NC(=O)Nc1ccc(C(F)(F)F)nc1.CC(C)[C@H]1CN(c2ccc(C(F)(F)F)nc2)C(=O)N1.Nc1ccc(C(F)(F)F)nc1.O=C(Nc1ccc(C(F)(F)F)nc1)Oc1ccccc1. The Kier molecular flexibility index (Phi) is 20.1. The van der Waals surface area contributed by atoms with Crippen LogP contribution in [0.5, 0.6) is 5.75 Å². The first kappa shape index (κ1) is 56.9. The highest BCUT2D eigenvalue weighted by Gasteiger charge is 2.36. The summed E-state index contributed by atoms with van der Waals surface area (Å²) in [4.78, 5) is 49.1. The number of aromatic nitrogens is 4. The maximum absolute atomic E-state index is 12.4. The maximum Gasteiger partial charge on any atom is 0.433 e. The van der Waals surface area contributed by atoms with Crippen LogP contribution in [0.3, 0.4) is 0 Å². The van der Waals surface area contributed by atoms with Gasteiger partial charge in [-0.15, -0.1) is 0 Å². The van der Waals surface area contributed by atoms with Gasteiger partial charge in [0.2, 0.25) is 0 Å². The van der Waals surface area contributed by atoms with Gasteiger partial charge in [-0.25, -0.2) is 34.3 Å². The van der Waals surface area contributed by atoms with E-state index in [0.717, 1.165) is 67.3 Å². The van der Waals surface area contributed by atoms with Crippen molar-refractivity contribution in [2.45, 2.75) is 64.5 Å². The first-order chi connectivity index (χ1) is 32.5. The highest BCUT2D eigenvalue weighted by atomic mass is 19.4. The predicted octanol–water partition coefficient (Wildman–Crippen LogP) is 10.3. The molecule has 1 saturated heterocycles. The number of hydrogen-bond donors (Lipinski definition) is 6. The molecule has 70 heavy (non-hydrogen) atoms. The fourth-order valence-electron chi connectivity index (χ4n) is 5.22. The zero-order chi connectivity index (χ0) is 52.6. The van der Waals surface area contributed by atoms with Crippen LogP contribution >= 0.6 is 0 Å². The number of aliphatic hydroxyl groups is 1. The molecule has 15 nitrogen and oxygen atoms in total. The number of hydrogen-bond acceptors (Lipinski definition) is 10. The Morgan fingerprint density at radius 3 is 1.51 bits per heavy atom. The third-order valence-electron chi connectivity index (χ3n) is 9.05. The van der Waals surface area contributed by atoms with E-state index in [-0.39, 0.29) is 47.6 Å². The molecule has 0 bridgehead atoms. The predicted molar refractivity (Wildman–Crippen MR) is 230 cm³/mol. The van der Waals surface area contributed by atoms with E-state index < -0.39 is 65.6 Å². The Morgan fingerprint density at radius 2 is 1.14 bits per heavy atom. The van der Waals surface area contributed by atoms with Crippen LogP contribution in [0.15, 0.2) is 104 Å². The third-order valence-corrected chi connectivity index (χ3v) is 9.05. The van der Waals surface area contributed by atoms with Gasteiger partial charge in [0.25, 0.3) is 0 Å². The molecule has 27 heteroatoms. The Bertz CT molecular complexity index is 2410. The van der Waals surface area contributed by atoms with E-state index in [1.165, 1.54) is 11.0 Å². The number of nitrogen functional groups attached to an aromatic ring is 1. The molecule has 0 radical (unpaired) electrons. The van der Waals surface area contributed by atoms with Crippen molar-refractivity contribution in [2.24, 2.45) is 11.8 Å². The van der Waals surface area contributed by atoms with Crippen LogP contribution in [0, 0.1) is 11.8 Å². The van der Waals surface area contributed by atoms with E-state index >= 15 is 0 Å². The molecule has 5 heterocycles. The van der Waals surface area contributed by atoms with Gasteiger partial charge in [0.05, 0.1) is 66.2 Å². The maximum atomic E-state index is 12.4. The number of amides is 5. The van der Waals surface area contributed by atoms with Gasteiger partial charge in [-0.3, -0.25) is 10.2 Å². The summed E-state index contributed by atoms with van der Waals surface area (Å²) in [6, 6.07) is 14.8. The normalized spacial score (nSPS) is 14.1. The van der Waals surface area contributed by atoms with Crippen molar-refractivity contribution < 1.29 is 76.9 Å². The number of rotatable bonds is 8. The van der Waals surface area contributed by atoms with Crippen LogP contribution in [0.2, 0.25) is 0 Å². The van der Waals surface area contributed by atoms with E-state index in [2.05, 4.69) is 41.2 Å². The van der Waals surface area contributed by atoms with E-state index in [4.69, 9.17) is 15.6 Å². The summed E-state index contributed by atoms with van der Waals surface area (Å²) >= 11 is 0. The molecule has 1 aliphatic heterocycles. The van der Waals surface area contributed by atoms with E-state index in [9.17, 15) is 67.1 Å². The van der Waals surface area contributed by atoms with Gasteiger partial charge < -0.3 is 31.5 Å². The third kappa shape index (κ3) is 18.9. The monoisotopic (exact) mass is 1010 g/mol. The molecule has 5 amide bonds. The summed E-state index contributed by atoms with van der Waals surface area (Å²) in [6.07, 6.45) is -14.8. The average molecular weight is 1010 g/mol. The zero-order valence-electron chi connectivity index (χ0n) is 37.0. The first-order valence-electron chi connectivity index (χ1n) is 20.2. The van der Waals surface area contributed by atoms with Crippen molar-refractivity contribution in [2.75, 3.05) is 34.4 Å². The Morgan fingerprint density at radius 1 is 0.686 bits per heavy atom. The van der Waals surface area contributed by atoms with Crippen LogP contribution in [0.4, 0.5) is 89.8 Å². The van der Waals surface area contributed by atoms with Gasteiger partial charge in [-0.2, -0.15) is 52.7 Å². The number of nitrogens with zero attached hydrogens (tertiary/aromatic N) is 5. The molecule has 6 rings (SSSR count). The van der Waals surface area contributed by atoms with Crippen LogP contribution in [0.1, 0.15) is 50.5 Å². The quantitative estimate of drug-likeness (QED) is 0.0810. The number of ether oxygens (including phenoxy) is 1. The second-order valence-electron chi connectivity index (χ2n) is 15.1. The summed E-state index contributed by atoms with van der Waals surface area (Å²) in [5, 5.41) is 19.0. The topological polar surface area (TPSA) is 210 Å². The van der Waals surface area contributed by atoms with Crippen molar-refractivity contribution in [3.05, 3.63) is 126 Å². The zero-order valence-corrected chi connectivity index (χ0v) is 37.0. The number of urea groups is 2. The molecule has 0 aliphatic carbocycles. The fourth-order valence-corrected chi connectivity index (χ4v) is 5.22. The lowest BCUT2D eigenvalue weighted by Gasteiger charge is -2.20. The number of nitrogens with two attached hydrogens (primary N) is 1. The molecule has 0 saturated carbocycles. The molecule has 5 aromatic rings. The second kappa shape index (κ2) is 24.7. The number of benzene rings is 1. The molecule has 1 fully saturated rings. The van der Waals surface area contributed by atoms with Crippen molar-refractivity contribution in [1.29, 1.82) is 0 Å². The van der Waals surface area contributed by atoms with Crippen LogP contribution in [-0.4, -0.2) is 68.4 Å². The molecule has 2 atom stereocenters. The molecular formula is C43H44F12N10O5. The van der Waals surface area contributed by atoms with Crippen LogP contribution in [0.25, 0.3) is 0 Å². The Balaban J connectivity index is 0.000000252. The summed E-state index contributed by atoms with van der Waals surface area (Å²) in [7, 11) is 0. The highest BCUT2D eigenvalue weighted by Crippen LogP contribution is 2.31. The van der Waals surface area contributed by atoms with E-state index in [0.29, 0.717) is 18.0 Å². The van der Waals surface area contributed by atoms with Crippen molar-refractivity contribution >= 4 is 40.9 Å². The number of aliphatic hydroxyl groups excluding tert-OH is 1. The van der Waals surface area contributed by atoms with Crippen molar-refractivity contribution in [3.8, 4) is 5.75 Å². The standard InChI is InChI=1S/C13H9F3N2O2.C12H16F3N3O2.C12H14F3N3O.C6H5F3N2/c14-13(15,16)11-7-6-9(8-17-11)18-12(19)20-10-4-2-1-3-5-10;1-7(2)9(6-19)18-11(20)17-8-3-4-10(16-5-8)12(13,14)15;1-7(2)9-6-18(11(19)17-9)8-3-4-10(16-5-8)12(13,14)15;7-6(8,9)5-2-1-4(10)3-11-5/h1-8H,(H,18,19);3-5,7,9,19H,6H2,1-2H3,(H2,17,18,20);3-5,7,9H,6H2,1-2H3,(H,17,19);1-3H,10H2/t;2*9-;/m.11./s1. The van der Waals surface area contributed by atoms with Gasteiger partial charge in [-0.05, 0) is 72.5 Å². The number of halogens is 12. The van der Waals surface area contributed by atoms with E-state index in [1.54, 1.807) is 30.3 Å². The lowest BCUT2D eigenvalue weighted by molar-refractivity contribution is -0.141. The Labute approximate surface area is 390 Å². The highest BCUT2D eigenvalue weighted by molar-refractivity contribution is 5.94. The van der Waals surface area contributed by atoms with Gasteiger partial charge in [-0.1, -0.05) is 45.9 Å². The summed E-state index contributed by atoms with van der Waals surface area (Å²) in [5.74, 6) is 0.609. The van der Waals surface area contributed by atoms with Crippen LogP contribution in [-0.2, 0) is 24.7 Å². The largest absolute Gasteiger partial charge is 0.433 e. The fraction of sp³-hybridized carbons (Fsp3) is 0.326. The molecule has 1 aliphatic rings. The van der Waals surface area contributed by atoms with Gasteiger partial charge in [0.15, 0.2) is 0 Å². The molecule has 380 valence electrons. The van der Waals surface area contributed by atoms with Gasteiger partial charge in [0, 0.05) is 6.54 Å². The molecule has 7 N–H and O–H groups in total. The second-order valence-corrected chi connectivity index (χ2v) is 15.1. The summed E-state index contributed by atoms with van der Waals surface area (Å²) in [5.41, 5.74) is 2.03. The summed E-state index contributed by atoms with van der Waals surface area (Å²) in [6.45, 7) is 7.79.